The summed E-state index contributed by atoms with van der Waals surface area (Å²) in [6.45, 7) is 4.73. The number of rotatable bonds is 24. The van der Waals surface area contributed by atoms with Gasteiger partial charge < -0.3 is 14.6 Å². The molecule has 7 heteroatoms. The van der Waals surface area contributed by atoms with Crippen molar-refractivity contribution in [1.82, 2.24) is 0 Å². The molecule has 0 aliphatic heterocycles. The molecule has 0 aromatic rings. The molecule has 0 aliphatic carbocycles. The van der Waals surface area contributed by atoms with Crippen LogP contribution < -0.4 is 4.90 Å². The van der Waals surface area contributed by atoms with Crippen LogP contribution >= 0.6 is 7.82 Å². The lowest BCUT2D eigenvalue weighted by atomic mass is 9.96. The number of carbonyl (C=O) groups is 1. The van der Waals surface area contributed by atoms with Gasteiger partial charge in [-0.25, -0.2) is 4.57 Å². The number of likely N-dealkylation sites (N-methyl/N-ethyl adjacent to an activating group) is 1. The van der Waals surface area contributed by atoms with Crippen LogP contribution in [0.25, 0.3) is 0 Å². The Hall–Kier alpha value is -0.260. The highest BCUT2D eigenvalue weighted by molar-refractivity contribution is 7.47. The minimum atomic E-state index is -4.04. The van der Waals surface area contributed by atoms with E-state index in [0.717, 1.165) is 24.2 Å². The zero-order valence-corrected chi connectivity index (χ0v) is 22.4. The van der Waals surface area contributed by atoms with Crippen LogP contribution in [-0.4, -0.2) is 44.5 Å². The SMILES string of the molecule is CCCCCCCCCCCCCCCCC(COP(=O)(O)OCC[NH+](C)C)CC(C)=O. The molecular formula is C25H53NO5P+. The molecule has 0 aromatic heterocycles. The third-order valence-corrected chi connectivity index (χ3v) is 6.86. The Morgan fingerprint density at radius 3 is 1.75 bits per heavy atom. The van der Waals surface area contributed by atoms with Crippen molar-refractivity contribution in [2.24, 2.45) is 5.92 Å². The number of carbonyl (C=O) groups excluding carboxylic acids is 1. The predicted octanol–water partition coefficient (Wildman–Crippen LogP) is 5.73. The van der Waals surface area contributed by atoms with Gasteiger partial charge in [-0.15, -0.1) is 0 Å². The monoisotopic (exact) mass is 478 g/mol. The molecule has 6 nitrogen and oxygen atoms in total. The van der Waals surface area contributed by atoms with Crippen molar-refractivity contribution >= 4 is 13.6 Å². The van der Waals surface area contributed by atoms with Crippen LogP contribution in [0.1, 0.15) is 117 Å². The van der Waals surface area contributed by atoms with Gasteiger partial charge in [-0.05, 0) is 19.3 Å². The first-order chi connectivity index (χ1) is 15.3. The molecule has 0 saturated heterocycles. The normalized spacial score (nSPS) is 14.6. The fraction of sp³-hybridized carbons (Fsp3) is 0.960. The van der Waals surface area contributed by atoms with Crippen molar-refractivity contribution in [1.29, 1.82) is 0 Å². The van der Waals surface area contributed by atoms with Crippen molar-refractivity contribution in [3.05, 3.63) is 0 Å². The fourth-order valence-corrected chi connectivity index (χ4v) is 4.68. The summed E-state index contributed by atoms with van der Waals surface area (Å²) in [5.41, 5.74) is 0. The van der Waals surface area contributed by atoms with Crippen LogP contribution in [0.15, 0.2) is 0 Å². The molecule has 0 fully saturated rings. The number of unbranched alkanes of at least 4 members (excludes halogenated alkanes) is 13. The highest BCUT2D eigenvalue weighted by Crippen LogP contribution is 2.43. The third kappa shape index (κ3) is 22.9. The molecule has 32 heavy (non-hydrogen) atoms. The summed E-state index contributed by atoms with van der Waals surface area (Å²) >= 11 is 0. The number of ketones is 1. The van der Waals surface area contributed by atoms with E-state index in [0.29, 0.717) is 13.0 Å². The molecule has 0 aliphatic rings. The van der Waals surface area contributed by atoms with E-state index in [1.807, 2.05) is 14.1 Å². The van der Waals surface area contributed by atoms with Gasteiger partial charge in [-0.2, -0.15) is 0 Å². The molecular weight excluding hydrogens is 425 g/mol. The summed E-state index contributed by atoms with van der Waals surface area (Å²) in [6.07, 6.45) is 19.6. The van der Waals surface area contributed by atoms with Crippen molar-refractivity contribution in [2.75, 3.05) is 33.9 Å². The third-order valence-electron chi connectivity index (χ3n) is 5.87. The van der Waals surface area contributed by atoms with E-state index >= 15 is 0 Å². The van der Waals surface area contributed by atoms with Crippen molar-refractivity contribution < 1.29 is 28.2 Å². The van der Waals surface area contributed by atoms with Crippen molar-refractivity contribution in [3.8, 4) is 0 Å². The van der Waals surface area contributed by atoms with Gasteiger partial charge in [0.2, 0.25) is 0 Å². The minimum absolute atomic E-state index is 0.0200. The Labute approximate surface area is 198 Å². The number of Topliss-reactive ketones (excluding diaryl/α,β-unsaturated/α-hetero) is 1. The Kier molecular flexibility index (Phi) is 21.1. The predicted molar refractivity (Wildman–Crippen MR) is 133 cm³/mol. The topological polar surface area (TPSA) is 77.3 Å². The van der Waals surface area contributed by atoms with Crippen LogP contribution in [0.4, 0.5) is 0 Å². The van der Waals surface area contributed by atoms with Gasteiger partial charge in [-0.3, -0.25) is 9.05 Å². The van der Waals surface area contributed by atoms with Crippen LogP contribution in [0, 0.1) is 5.92 Å². The Balaban J connectivity index is 3.79. The summed E-state index contributed by atoms with van der Waals surface area (Å²) in [5.74, 6) is 0.0715. The summed E-state index contributed by atoms with van der Waals surface area (Å²) in [4.78, 5) is 22.5. The van der Waals surface area contributed by atoms with E-state index < -0.39 is 7.82 Å². The van der Waals surface area contributed by atoms with E-state index in [4.69, 9.17) is 9.05 Å². The van der Waals surface area contributed by atoms with E-state index in [1.54, 1.807) is 6.92 Å². The molecule has 0 heterocycles. The first-order valence-corrected chi connectivity index (χ1v) is 14.7. The standard InChI is InChI=1S/C25H52NO5P/c1-5-6-7-8-9-10-11-12-13-14-15-16-17-18-19-25(22-24(2)27)23-31-32(28,29)30-21-20-26(3)4/h25H,5-23H2,1-4H3,(H,28,29)/p+1. The van der Waals surface area contributed by atoms with Gasteiger partial charge in [0.1, 0.15) is 18.9 Å². The summed E-state index contributed by atoms with van der Waals surface area (Å²) < 4.78 is 22.2. The molecule has 0 aromatic carbocycles. The zero-order valence-electron chi connectivity index (χ0n) is 21.5. The van der Waals surface area contributed by atoms with Gasteiger partial charge in [0, 0.05) is 6.42 Å². The summed E-state index contributed by atoms with van der Waals surface area (Å²) in [5, 5.41) is 0. The minimum Gasteiger partial charge on any atom is -0.338 e. The Morgan fingerprint density at radius 2 is 1.31 bits per heavy atom. The van der Waals surface area contributed by atoms with Gasteiger partial charge in [0.05, 0.1) is 20.7 Å². The molecule has 2 atom stereocenters. The lowest BCUT2D eigenvalue weighted by Gasteiger charge is -2.18. The summed E-state index contributed by atoms with van der Waals surface area (Å²) in [7, 11) is -0.143. The molecule has 2 N–H and O–H groups in total. The van der Waals surface area contributed by atoms with Gasteiger partial charge in [0.15, 0.2) is 0 Å². The summed E-state index contributed by atoms with van der Waals surface area (Å²) in [6, 6.07) is 0. The van der Waals surface area contributed by atoms with Crippen LogP contribution in [-0.2, 0) is 18.4 Å². The first kappa shape index (κ1) is 31.7. The molecule has 0 amide bonds. The van der Waals surface area contributed by atoms with Gasteiger partial charge in [0.25, 0.3) is 0 Å². The quantitative estimate of drug-likeness (QED) is 0.137. The van der Waals surface area contributed by atoms with Gasteiger partial charge in [-0.1, -0.05) is 96.8 Å². The molecule has 0 radical (unpaired) electrons. The second-order valence-electron chi connectivity index (χ2n) is 9.71. The maximum absolute atomic E-state index is 12.0. The average Bonchev–Trinajstić information content (AvgIpc) is 2.71. The molecule has 0 spiro atoms. The molecule has 0 rings (SSSR count). The van der Waals surface area contributed by atoms with Crippen LogP contribution in [0.2, 0.25) is 0 Å². The van der Waals surface area contributed by atoms with E-state index in [1.165, 1.54) is 77.0 Å². The Bertz CT molecular complexity index is 487. The number of hydrogen-bond donors (Lipinski definition) is 2. The maximum atomic E-state index is 12.0. The van der Waals surface area contributed by atoms with Gasteiger partial charge >= 0.3 is 7.82 Å². The zero-order chi connectivity index (χ0) is 24.1. The molecule has 0 saturated carbocycles. The number of quaternary nitrogens is 1. The molecule has 2 unspecified atom stereocenters. The highest BCUT2D eigenvalue weighted by atomic mass is 31.2. The number of nitrogens with one attached hydrogen (secondary N) is 1. The maximum Gasteiger partial charge on any atom is 0.472 e. The van der Waals surface area contributed by atoms with Crippen LogP contribution in [0.5, 0.6) is 0 Å². The van der Waals surface area contributed by atoms with Crippen LogP contribution in [0.3, 0.4) is 0 Å². The highest BCUT2D eigenvalue weighted by Gasteiger charge is 2.24. The number of phosphoric ester groups is 1. The number of phosphoric acid groups is 1. The first-order valence-electron chi connectivity index (χ1n) is 13.2. The van der Waals surface area contributed by atoms with E-state index in [2.05, 4.69) is 6.92 Å². The van der Waals surface area contributed by atoms with Crippen molar-refractivity contribution in [2.45, 2.75) is 117 Å². The molecule has 0 bridgehead atoms. The molecule has 192 valence electrons. The second kappa shape index (κ2) is 21.3. The van der Waals surface area contributed by atoms with E-state index in [-0.39, 0.29) is 24.9 Å². The fourth-order valence-electron chi connectivity index (χ4n) is 3.88. The smallest absolute Gasteiger partial charge is 0.338 e. The van der Waals surface area contributed by atoms with E-state index in [9.17, 15) is 14.3 Å². The Morgan fingerprint density at radius 1 is 0.844 bits per heavy atom. The van der Waals surface area contributed by atoms with Crippen molar-refractivity contribution in [3.63, 3.8) is 0 Å². The lowest BCUT2D eigenvalue weighted by molar-refractivity contribution is -0.858. The number of hydrogen-bond acceptors (Lipinski definition) is 4. The second-order valence-corrected chi connectivity index (χ2v) is 11.2. The largest absolute Gasteiger partial charge is 0.472 e. The lowest BCUT2D eigenvalue weighted by Crippen LogP contribution is -3.06. The average molecular weight is 479 g/mol.